The second kappa shape index (κ2) is 4.96. The lowest BCUT2D eigenvalue weighted by atomic mass is 10.2. The second-order valence-corrected chi connectivity index (χ2v) is 5.95. The summed E-state index contributed by atoms with van der Waals surface area (Å²) in [6.45, 7) is 0.692. The normalized spacial score (nSPS) is 14.0. The highest BCUT2D eigenvalue weighted by Gasteiger charge is 2.27. The third-order valence-corrected chi connectivity index (χ3v) is 4.13. The minimum atomic E-state index is 0.186. The van der Waals surface area contributed by atoms with Gasteiger partial charge in [0.05, 0.1) is 6.42 Å². The Bertz CT molecular complexity index is 635. The maximum atomic E-state index is 12.1. The molecule has 1 aliphatic rings. The van der Waals surface area contributed by atoms with Gasteiger partial charge in [0.25, 0.3) is 0 Å². The number of aromatic nitrogens is 2. The number of amides is 1. The highest BCUT2D eigenvalue weighted by atomic mass is 127. The van der Waals surface area contributed by atoms with Crippen molar-refractivity contribution in [3.63, 3.8) is 0 Å². The number of carbonyl (C=O) groups excluding carboxylic acids is 1. The summed E-state index contributed by atoms with van der Waals surface area (Å²) in [4.78, 5) is 18.3. The molecule has 0 unspecified atom stereocenters. The summed E-state index contributed by atoms with van der Waals surface area (Å²) < 4.78 is 3.17. The summed E-state index contributed by atoms with van der Waals surface area (Å²) in [6, 6.07) is 6.18. The highest BCUT2D eigenvalue weighted by Crippen LogP contribution is 2.30. The molecule has 0 N–H and O–H groups in total. The van der Waals surface area contributed by atoms with Crippen LogP contribution in [0.3, 0.4) is 0 Å². The molecule has 0 radical (unpaired) electrons. The number of rotatable bonds is 3. The average Bonchev–Trinajstić information content (AvgIpc) is 2.90. The van der Waals surface area contributed by atoms with Crippen LogP contribution in [0, 0.1) is 3.57 Å². The quantitative estimate of drug-likeness (QED) is 0.780. The van der Waals surface area contributed by atoms with E-state index in [9.17, 15) is 4.79 Å². The van der Waals surface area contributed by atoms with Crippen LogP contribution in [0.4, 0.5) is 5.69 Å². The third kappa shape index (κ3) is 2.39. The van der Waals surface area contributed by atoms with Crippen molar-refractivity contribution in [2.24, 2.45) is 7.05 Å². The first-order valence-electron chi connectivity index (χ1n) is 6.20. The monoisotopic (exact) mass is 367 g/mol. The van der Waals surface area contributed by atoms with Gasteiger partial charge in [-0.05, 0) is 46.4 Å². The van der Waals surface area contributed by atoms with Crippen LogP contribution in [0.25, 0.3) is 0 Å². The molecule has 19 heavy (non-hydrogen) atoms. The summed E-state index contributed by atoms with van der Waals surface area (Å²) in [5.74, 6) is 1.19. The lowest BCUT2D eigenvalue weighted by molar-refractivity contribution is -0.117. The molecule has 1 aliphatic heterocycles. The number of halogens is 1. The van der Waals surface area contributed by atoms with E-state index in [0.29, 0.717) is 13.0 Å². The van der Waals surface area contributed by atoms with E-state index in [0.717, 1.165) is 23.5 Å². The standard InChI is InChI=1S/C14H14IN3O/c1-17-7-5-16-13(17)4-6-18-12-3-2-11(15)8-10(12)9-14(18)19/h2-3,5,7-8H,4,6,9H2,1H3. The van der Waals surface area contributed by atoms with Gasteiger partial charge in [-0.25, -0.2) is 4.98 Å². The molecule has 1 aromatic carbocycles. The van der Waals surface area contributed by atoms with Crippen LogP contribution in [-0.4, -0.2) is 22.0 Å². The first-order chi connectivity index (χ1) is 9.15. The predicted octanol–water partition coefficient (Wildman–Crippen LogP) is 2.16. The highest BCUT2D eigenvalue weighted by molar-refractivity contribution is 14.1. The van der Waals surface area contributed by atoms with Gasteiger partial charge in [-0.2, -0.15) is 0 Å². The fraction of sp³-hybridized carbons (Fsp3) is 0.286. The van der Waals surface area contributed by atoms with E-state index < -0.39 is 0 Å². The molecule has 0 spiro atoms. The zero-order valence-electron chi connectivity index (χ0n) is 10.6. The van der Waals surface area contributed by atoms with Crippen molar-refractivity contribution in [3.8, 4) is 0 Å². The van der Waals surface area contributed by atoms with Crippen LogP contribution in [0.15, 0.2) is 30.6 Å². The predicted molar refractivity (Wildman–Crippen MR) is 82.1 cm³/mol. The smallest absolute Gasteiger partial charge is 0.231 e. The van der Waals surface area contributed by atoms with Crippen molar-refractivity contribution in [2.45, 2.75) is 12.8 Å². The van der Waals surface area contributed by atoms with E-state index in [1.165, 1.54) is 3.57 Å². The number of benzene rings is 1. The summed E-state index contributed by atoms with van der Waals surface area (Å²) in [5.41, 5.74) is 2.19. The Morgan fingerprint density at radius 2 is 2.26 bits per heavy atom. The van der Waals surface area contributed by atoms with E-state index in [-0.39, 0.29) is 5.91 Å². The van der Waals surface area contributed by atoms with Gasteiger partial charge in [0.2, 0.25) is 5.91 Å². The molecule has 0 bridgehead atoms. The summed E-state index contributed by atoms with van der Waals surface area (Å²) in [5, 5.41) is 0. The Labute approximate surface area is 125 Å². The number of aryl methyl sites for hydroxylation is 1. The first kappa shape index (κ1) is 12.7. The molecule has 3 rings (SSSR count). The molecule has 0 aliphatic carbocycles. The van der Waals surface area contributed by atoms with Gasteiger partial charge in [0.1, 0.15) is 5.82 Å². The Hall–Kier alpha value is -1.37. The molecular weight excluding hydrogens is 353 g/mol. The molecule has 0 fully saturated rings. The zero-order valence-corrected chi connectivity index (χ0v) is 12.8. The number of hydrogen-bond acceptors (Lipinski definition) is 2. The number of anilines is 1. The second-order valence-electron chi connectivity index (χ2n) is 4.70. The average molecular weight is 367 g/mol. The summed E-state index contributed by atoms with van der Waals surface area (Å²) >= 11 is 2.28. The molecule has 0 saturated carbocycles. The summed E-state index contributed by atoms with van der Waals surface area (Å²) in [6.07, 6.45) is 5.02. The third-order valence-electron chi connectivity index (χ3n) is 3.46. The van der Waals surface area contributed by atoms with E-state index in [1.54, 1.807) is 6.20 Å². The Morgan fingerprint density at radius 3 is 3.00 bits per heavy atom. The first-order valence-corrected chi connectivity index (χ1v) is 7.28. The Balaban J connectivity index is 1.79. The zero-order chi connectivity index (χ0) is 13.4. The molecule has 4 nitrogen and oxygen atoms in total. The molecule has 1 amide bonds. The van der Waals surface area contributed by atoms with Gasteiger partial charge >= 0.3 is 0 Å². The van der Waals surface area contributed by atoms with E-state index >= 15 is 0 Å². The van der Waals surface area contributed by atoms with Crippen molar-refractivity contribution >= 4 is 34.2 Å². The molecule has 1 aromatic heterocycles. The van der Waals surface area contributed by atoms with Crippen LogP contribution >= 0.6 is 22.6 Å². The molecule has 98 valence electrons. The van der Waals surface area contributed by atoms with Crippen LogP contribution in [-0.2, 0) is 24.7 Å². The van der Waals surface area contributed by atoms with Crippen molar-refractivity contribution in [3.05, 3.63) is 45.6 Å². The molecule has 0 atom stereocenters. The fourth-order valence-electron chi connectivity index (χ4n) is 2.45. The molecule has 2 heterocycles. The van der Waals surface area contributed by atoms with Gasteiger partial charge in [-0.15, -0.1) is 0 Å². The number of imidazole rings is 1. The van der Waals surface area contributed by atoms with E-state index in [2.05, 4.69) is 33.6 Å². The van der Waals surface area contributed by atoms with Gasteiger partial charge in [-0.1, -0.05) is 0 Å². The molecular formula is C14H14IN3O. The minimum Gasteiger partial charge on any atom is -0.338 e. The fourth-order valence-corrected chi connectivity index (χ4v) is 3.00. The van der Waals surface area contributed by atoms with Gasteiger partial charge in [0, 0.05) is 41.7 Å². The largest absolute Gasteiger partial charge is 0.338 e. The van der Waals surface area contributed by atoms with Crippen molar-refractivity contribution in [2.75, 3.05) is 11.4 Å². The lowest BCUT2D eigenvalue weighted by Crippen LogP contribution is -2.29. The van der Waals surface area contributed by atoms with Crippen LogP contribution in [0.2, 0.25) is 0 Å². The van der Waals surface area contributed by atoms with Gasteiger partial charge in [-0.3, -0.25) is 4.79 Å². The van der Waals surface area contributed by atoms with Gasteiger partial charge < -0.3 is 9.47 Å². The van der Waals surface area contributed by atoms with Crippen molar-refractivity contribution in [1.29, 1.82) is 0 Å². The van der Waals surface area contributed by atoms with Crippen LogP contribution in [0.5, 0.6) is 0 Å². The van der Waals surface area contributed by atoms with Crippen LogP contribution < -0.4 is 4.90 Å². The SMILES string of the molecule is Cn1ccnc1CCN1C(=O)Cc2cc(I)ccc21. The number of carbonyl (C=O) groups is 1. The number of fused-ring (bicyclic) bond motifs is 1. The maximum Gasteiger partial charge on any atom is 0.231 e. The lowest BCUT2D eigenvalue weighted by Gasteiger charge is -2.17. The van der Waals surface area contributed by atoms with Crippen molar-refractivity contribution in [1.82, 2.24) is 9.55 Å². The maximum absolute atomic E-state index is 12.1. The number of hydrogen-bond donors (Lipinski definition) is 0. The van der Waals surface area contributed by atoms with Crippen molar-refractivity contribution < 1.29 is 4.79 Å². The number of nitrogens with zero attached hydrogens (tertiary/aromatic N) is 3. The molecule has 5 heteroatoms. The Morgan fingerprint density at radius 1 is 1.42 bits per heavy atom. The molecule has 2 aromatic rings. The van der Waals surface area contributed by atoms with E-state index in [1.807, 2.05) is 34.8 Å². The minimum absolute atomic E-state index is 0.186. The van der Waals surface area contributed by atoms with Gasteiger partial charge in [0.15, 0.2) is 0 Å². The topological polar surface area (TPSA) is 38.1 Å². The summed E-state index contributed by atoms with van der Waals surface area (Å²) in [7, 11) is 1.98. The molecule has 0 saturated heterocycles. The van der Waals surface area contributed by atoms with E-state index in [4.69, 9.17) is 0 Å². The van der Waals surface area contributed by atoms with Crippen LogP contribution in [0.1, 0.15) is 11.4 Å². The Kier molecular flexibility index (Phi) is 3.30.